The lowest BCUT2D eigenvalue weighted by Crippen LogP contribution is -2.34. The van der Waals surface area contributed by atoms with Crippen molar-refractivity contribution in [2.24, 2.45) is 0 Å². The third-order valence-electron chi connectivity index (χ3n) is 5.51. The largest absolute Gasteiger partial charge is 0.496 e. The lowest BCUT2D eigenvalue weighted by atomic mass is 9.93. The van der Waals surface area contributed by atoms with Crippen molar-refractivity contribution in [3.8, 4) is 16.9 Å². The Bertz CT molecular complexity index is 1030. The van der Waals surface area contributed by atoms with E-state index in [2.05, 4.69) is 55.1 Å². The molecule has 1 unspecified atom stereocenters. The van der Waals surface area contributed by atoms with E-state index in [4.69, 9.17) is 4.74 Å². The number of methoxy groups -OCH3 is 1. The van der Waals surface area contributed by atoms with Gasteiger partial charge in [0.05, 0.1) is 12.0 Å². The zero-order chi connectivity index (χ0) is 20.4. The molecular formula is C25H25NO2S. The molecule has 0 N–H and O–H groups in total. The van der Waals surface area contributed by atoms with Crippen LogP contribution in [0.15, 0.2) is 76.5 Å². The van der Waals surface area contributed by atoms with Crippen molar-refractivity contribution >= 4 is 17.5 Å². The van der Waals surface area contributed by atoms with E-state index >= 15 is 0 Å². The Kier molecular flexibility index (Phi) is 5.74. The number of Topliss-reactive ketones (excluding diaryl/α,β-unsaturated/α-hetero) is 1. The van der Waals surface area contributed by atoms with Gasteiger partial charge in [-0.2, -0.15) is 0 Å². The molecule has 148 valence electrons. The minimum Gasteiger partial charge on any atom is -0.496 e. The van der Waals surface area contributed by atoms with Gasteiger partial charge in [0, 0.05) is 10.5 Å². The van der Waals surface area contributed by atoms with Crippen molar-refractivity contribution in [1.29, 1.82) is 0 Å². The molecule has 1 aliphatic heterocycles. The number of benzene rings is 3. The fourth-order valence-electron chi connectivity index (χ4n) is 3.99. The van der Waals surface area contributed by atoms with Crippen molar-refractivity contribution in [2.75, 3.05) is 20.2 Å². The van der Waals surface area contributed by atoms with Crippen LogP contribution in [0.1, 0.15) is 35.8 Å². The highest BCUT2D eigenvalue weighted by molar-refractivity contribution is 7.99. The predicted octanol–water partition coefficient (Wildman–Crippen LogP) is 6.09. The van der Waals surface area contributed by atoms with Crippen molar-refractivity contribution in [2.45, 2.75) is 29.7 Å². The van der Waals surface area contributed by atoms with E-state index in [0.717, 1.165) is 50.9 Å². The maximum absolute atomic E-state index is 13.8. The third kappa shape index (κ3) is 3.59. The van der Waals surface area contributed by atoms with Gasteiger partial charge in [-0.25, -0.2) is 0 Å². The first-order valence-electron chi connectivity index (χ1n) is 10.00. The Morgan fingerprint density at radius 1 is 0.931 bits per heavy atom. The number of hydrogen-bond acceptors (Lipinski definition) is 4. The number of nitrogens with zero attached hydrogens (tertiary/aromatic N) is 1. The topological polar surface area (TPSA) is 29.5 Å². The molecule has 0 saturated carbocycles. The second kappa shape index (κ2) is 8.44. The van der Waals surface area contributed by atoms with E-state index in [1.165, 1.54) is 0 Å². The van der Waals surface area contributed by atoms with Crippen LogP contribution >= 0.6 is 11.8 Å². The van der Waals surface area contributed by atoms with E-state index < -0.39 is 0 Å². The van der Waals surface area contributed by atoms with Gasteiger partial charge in [-0.05, 0) is 48.0 Å². The van der Waals surface area contributed by atoms with Gasteiger partial charge in [-0.3, -0.25) is 9.69 Å². The molecule has 1 aliphatic rings. The Balaban J connectivity index is 1.91. The van der Waals surface area contributed by atoms with Crippen LogP contribution in [0, 0.1) is 0 Å². The Morgan fingerprint density at radius 2 is 1.69 bits per heavy atom. The number of fused-ring (bicyclic) bond motifs is 2. The number of hydrogen-bond donors (Lipinski definition) is 0. The van der Waals surface area contributed by atoms with Gasteiger partial charge in [0.2, 0.25) is 0 Å². The van der Waals surface area contributed by atoms with Crippen molar-refractivity contribution < 1.29 is 9.53 Å². The van der Waals surface area contributed by atoms with Gasteiger partial charge in [-0.1, -0.05) is 74.1 Å². The molecule has 4 rings (SSSR count). The standard InChI is InChI=1S/C25H25NO2S/c1-4-26(5-2)23-19-12-9-13-21(28-3)25(19)29-22-15-14-18(16-20(22)24(23)27)17-10-7-6-8-11-17/h6-16,23H,4-5H2,1-3H3. The van der Waals surface area contributed by atoms with E-state index in [1.807, 2.05) is 30.3 Å². The Hall–Kier alpha value is -2.56. The summed E-state index contributed by atoms with van der Waals surface area (Å²) in [5.74, 6) is 0.971. The molecular weight excluding hydrogens is 378 g/mol. The molecule has 0 fully saturated rings. The number of carbonyl (C=O) groups is 1. The fraction of sp³-hybridized carbons (Fsp3) is 0.240. The fourth-order valence-corrected chi connectivity index (χ4v) is 5.16. The molecule has 0 saturated heterocycles. The average molecular weight is 404 g/mol. The molecule has 0 aromatic heterocycles. The van der Waals surface area contributed by atoms with Crippen LogP contribution in [0.25, 0.3) is 11.1 Å². The maximum atomic E-state index is 13.8. The molecule has 3 aromatic carbocycles. The smallest absolute Gasteiger partial charge is 0.185 e. The number of likely N-dealkylation sites (N-methyl/N-ethyl adjacent to an activating group) is 1. The molecule has 0 amide bonds. The molecule has 1 heterocycles. The van der Waals surface area contributed by atoms with Crippen LogP contribution in [0.5, 0.6) is 5.75 Å². The summed E-state index contributed by atoms with van der Waals surface area (Å²) in [6, 6.07) is 22.1. The molecule has 0 radical (unpaired) electrons. The quantitative estimate of drug-likeness (QED) is 0.515. The van der Waals surface area contributed by atoms with E-state index in [1.54, 1.807) is 18.9 Å². The predicted molar refractivity (Wildman–Crippen MR) is 119 cm³/mol. The highest BCUT2D eigenvalue weighted by Crippen LogP contribution is 2.47. The summed E-state index contributed by atoms with van der Waals surface area (Å²) in [4.78, 5) is 18.1. The average Bonchev–Trinajstić information content (AvgIpc) is 2.89. The van der Waals surface area contributed by atoms with Crippen molar-refractivity contribution in [3.05, 3.63) is 77.9 Å². The summed E-state index contributed by atoms with van der Waals surface area (Å²) in [7, 11) is 1.69. The van der Waals surface area contributed by atoms with Gasteiger partial charge >= 0.3 is 0 Å². The van der Waals surface area contributed by atoms with Crippen LogP contribution in [-0.2, 0) is 0 Å². The first kappa shape index (κ1) is 19.7. The molecule has 4 heteroatoms. The summed E-state index contributed by atoms with van der Waals surface area (Å²) in [5, 5.41) is 0. The lowest BCUT2D eigenvalue weighted by Gasteiger charge is -2.29. The molecule has 3 aromatic rings. The van der Waals surface area contributed by atoms with E-state index in [0.29, 0.717) is 0 Å². The first-order valence-corrected chi connectivity index (χ1v) is 10.8. The van der Waals surface area contributed by atoms with Gasteiger partial charge in [0.15, 0.2) is 5.78 Å². The monoisotopic (exact) mass is 403 g/mol. The van der Waals surface area contributed by atoms with Gasteiger partial charge in [0.1, 0.15) is 11.8 Å². The third-order valence-corrected chi connectivity index (χ3v) is 6.73. The molecule has 0 spiro atoms. The SMILES string of the molecule is CCN(CC)C1C(=O)c2cc(-c3ccccc3)ccc2Sc2c(OC)cccc21. The molecule has 3 nitrogen and oxygen atoms in total. The van der Waals surface area contributed by atoms with Gasteiger partial charge in [-0.15, -0.1) is 0 Å². The van der Waals surface area contributed by atoms with Gasteiger partial charge in [0.25, 0.3) is 0 Å². The minimum absolute atomic E-state index is 0.154. The lowest BCUT2D eigenvalue weighted by molar-refractivity contribution is 0.0826. The zero-order valence-electron chi connectivity index (χ0n) is 17.0. The first-order chi connectivity index (χ1) is 14.2. The second-order valence-corrected chi connectivity index (χ2v) is 8.10. The molecule has 0 aliphatic carbocycles. The van der Waals surface area contributed by atoms with Crippen LogP contribution in [0.2, 0.25) is 0 Å². The highest BCUT2D eigenvalue weighted by atomic mass is 32.2. The van der Waals surface area contributed by atoms with Crippen LogP contribution in [-0.4, -0.2) is 30.9 Å². The Labute approximate surface area is 176 Å². The van der Waals surface area contributed by atoms with E-state index in [-0.39, 0.29) is 11.8 Å². The minimum atomic E-state index is -0.310. The number of ketones is 1. The Morgan fingerprint density at radius 3 is 2.38 bits per heavy atom. The van der Waals surface area contributed by atoms with Gasteiger partial charge < -0.3 is 4.74 Å². The normalized spacial score (nSPS) is 15.6. The van der Waals surface area contributed by atoms with Crippen LogP contribution < -0.4 is 4.74 Å². The van der Waals surface area contributed by atoms with Crippen molar-refractivity contribution in [3.63, 3.8) is 0 Å². The summed E-state index contributed by atoms with van der Waals surface area (Å²) in [6.45, 7) is 5.83. The summed E-state index contributed by atoms with van der Waals surface area (Å²) in [6.07, 6.45) is 0. The summed E-state index contributed by atoms with van der Waals surface area (Å²) < 4.78 is 5.66. The highest BCUT2D eigenvalue weighted by Gasteiger charge is 2.34. The molecule has 0 bridgehead atoms. The summed E-state index contributed by atoms with van der Waals surface area (Å²) in [5.41, 5.74) is 3.99. The van der Waals surface area contributed by atoms with Crippen LogP contribution in [0.3, 0.4) is 0 Å². The number of rotatable bonds is 5. The summed E-state index contributed by atoms with van der Waals surface area (Å²) >= 11 is 1.63. The van der Waals surface area contributed by atoms with E-state index in [9.17, 15) is 4.79 Å². The van der Waals surface area contributed by atoms with Crippen LogP contribution in [0.4, 0.5) is 0 Å². The molecule has 29 heavy (non-hydrogen) atoms. The zero-order valence-corrected chi connectivity index (χ0v) is 17.8. The molecule has 1 atom stereocenters. The second-order valence-electron chi connectivity index (χ2n) is 7.05. The number of carbonyl (C=O) groups excluding carboxylic acids is 1. The number of ether oxygens (including phenoxy) is 1. The van der Waals surface area contributed by atoms with Crippen molar-refractivity contribution in [1.82, 2.24) is 4.90 Å². The maximum Gasteiger partial charge on any atom is 0.185 e.